The fraction of sp³-hybridized carbons (Fsp3) is 0.278. The Morgan fingerprint density at radius 2 is 1.84 bits per heavy atom. The Morgan fingerprint density at radius 3 is 2.36 bits per heavy atom. The second kappa shape index (κ2) is 8.07. The molecule has 1 aromatic heterocycles. The molecule has 7 heteroatoms. The Labute approximate surface area is 150 Å². The van der Waals surface area contributed by atoms with Crippen molar-refractivity contribution in [3.8, 4) is 0 Å². The Bertz CT molecular complexity index is 778. The van der Waals surface area contributed by atoms with Crippen molar-refractivity contribution in [3.63, 3.8) is 0 Å². The topological polar surface area (TPSA) is 68.3 Å². The maximum atomic E-state index is 14.4. The minimum Gasteiger partial charge on any atom is -0.465 e. The Balaban J connectivity index is 2.27. The third-order valence-corrected chi connectivity index (χ3v) is 3.90. The summed E-state index contributed by atoms with van der Waals surface area (Å²) in [4.78, 5) is 27.9. The van der Waals surface area contributed by atoms with Gasteiger partial charge in [-0.25, -0.2) is 9.18 Å². The van der Waals surface area contributed by atoms with Crippen LogP contribution in [0.5, 0.6) is 0 Å². The molecule has 1 N–H and O–H groups in total. The van der Waals surface area contributed by atoms with Crippen LogP contribution in [0.3, 0.4) is 0 Å². The molecule has 2 aromatic rings. The van der Waals surface area contributed by atoms with E-state index in [2.05, 4.69) is 15.0 Å². The molecule has 0 unspecified atom stereocenters. The molecule has 132 valence electrons. The van der Waals surface area contributed by atoms with Crippen molar-refractivity contribution in [1.82, 2.24) is 10.3 Å². The first kappa shape index (κ1) is 18.9. The van der Waals surface area contributed by atoms with Gasteiger partial charge >= 0.3 is 5.97 Å². The minimum absolute atomic E-state index is 0.00952. The zero-order valence-corrected chi connectivity index (χ0v) is 14.8. The van der Waals surface area contributed by atoms with Gasteiger partial charge in [0.05, 0.1) is 24.4 Å². The van der Waals surface area contributed by atoms with Crippen LogP contribution in [0, 0.1) is 11.7 Å². The number of rotatable bonds is 5. The van der Waals surface area contributed by atoms with E-state index in [1.165, 1.54) is 13.3 Å². The van der Waals surface area contributed by atoms with E-state index in [4.69, 9.17) is 11.6 Å². The summed E-state index contributed by atoms with van der Waals surface area (Å²) in [5, 5.41) is 3.29. The molecule has 1 atom stereocenters. The van der Waals surface area contributed by atoms with Gasteiger partial charge in [0.25, 0.3) is 5.91 Å². The lowest BCUT2D eigenvalue weighted by Gasteiger charge is -2.22. The van der Waals surface area contributed by atoms with Crippen molar-refractivity contribution in [2.24, 2.45) is 5.92 Å². The molecule has 1 aromatic carbocycles. The molecule has 5 nitrogen and oxygen atoms in total. The highest BCUT2D eigenvalue weighted by atomic mass is 35.5. The second-order valence-corrected chi connectivity index (χ2v) is 6.22. The van der Waals surface area contributed by atoms with E-state index in [1.807, 2.05) is 13.8 Å². The molecule has 0 spiro atoms. The van der Waals surface area contributed by atoms with Gasteiger partial charge in [0, 0.05) is 16.8 Å². The SMILES string of the molecule is COC(=O)c1cnc([C@@H](NC(=O)c2ccc(Cl)cc2)C(C)C)c(F)c1. The van der Waals surface area contributed by atoms with Gasteiger partial charge in [-0.05, 0) is 36.2 Å². The highest BCUT2D eigenvalue weighted by Crippen LogP contribution is 2.24. The summed E-state index contributed by atoms with van der Waals surface area (Å²) in [7, 11) is 1.21. The third-order valence-electron chi connectivity index (χ3n) is 3.64. The lowest BCUT2D eigenvalue weighted by atomic mass is 9.98. The van der Waals surface area contributed by atoms with E-state index in [-0.39, 0.29) is 23.1 Å². The summed E-state index contributed by atoms with van der Waals surface area (Å²) in [6, 6.07) is 6.77. The summed E-state index contributed by atoms with van der Waals surface area (Å²) in [6.07, 6.45) is 1.23. The molecule has 1 heterocycles. The molecule has 0 aliphatic rings. The van der Waals surface area contributed by atoms with E-state index < -0.39 is 17.8 Å². The average Bonchev–Trinajstić information content (AvgIpc) is 2.59. The van der Waals surface area contributed by atoms with Gasteiger partial charge in [-0.1, -0.05) is 25.4 Å². The first-order valence-corrected chi connectivity index (χ1v) is 8.01. The number of esters is 1. The fourth-order valence-corrected chi connectivity index (χ4v) is 2.41. The number of benzene rings is 1. The van der Waals surface area contributed by atoms with Crippen LogP contribution in [0.2, 0.25) is 5.02 Å². The summed E-state index contributed by atoms with van der Waals surface area (Å²) < 4.78 is 19.0. The number of carbonyl (C=O) groups is 2. The zero-order valence-electron chi connectivity index (χ0n) is 14.0. The van der Waals surface area contributed by atoms with Crippen molar-refractivity contribution in [2.45, 2.75) is 19.9 Å². The van der Waals surface area contributed by atoms with Gasteiger partial charge in [-0.2, -0.15) is 0 Å². The number of hydrogen-bond acceptors (Lipinski definition) is 4. The van der Waals surface area contributed by atoms with Crippen molar-refractivity contribution in [3.05, 3.63) is 64.2 Å². The van der Waals surface area contributed by atoms with Crippen molar-refractivity contribution in [2.75, 3.05) is 7.11 Å². The highest BCUT2D eigenvalue weighted by molar-refractivity contribution is 6.30. The number of methoxy groups -OCH3 is 1. The normalized spacial score (nSPS) is 11.9. The van der Waals surface area contributed by atoms with E-state index in [9.17, 15) is 14.0 Å². The highest BCUT2D eigenvalue weighted by Gasteiger charge is 2.24. The van der Waals surface area contributed by atoms with Crippen LogP contribution in [0.15, 0.2) is 36.5 Å². The third kappa shape index (κ3) is 4.54. The Kier molecular flexibility index (Phi) is 6.09. The minimum atomic E-state index is -0.682. The summed E-state index contributed by atoms with van der Waals surface area (Å²) in [5.41, 5.74) is 0.474. The fourth-order valence-electron chi connectivity index (χ4n) is 2.28. The second-order valence-electron chi connectivity index (χ2n) is 5.78. The summed E-state index contributed by atoms with van der Waals surface area (Å²) in [5.74, 6) is -1.85. The number of carbonyl (C=O) groups excluding carboxylic acids is 2. The molecular weight excluding hydrogens is 347 g/mol. The van der Waals surface area contributed by atoms with Crippen LogP contribution in [0.1, 0.15) is 46.3 Å². The molecule has 0 saturated carbocycles. The van der Waals surface area contributed by atoms with E-state index in [0.29, 0.717) is 10.6 Å². The van der Waals surface area contributed by atoms with Crippen LogP contribution in [0.4, 0.5) is 4.39 Å². The number of halogens is 2. The lowest BCUT2D eigenvalue weighted by Crippen LogP contribution is -2.33. The van der Waals surface area contributed by atoms with Gasteiger partial charge in [0.1, 0.15) is 5.82 Å². The number of amides is 1. The van der Waals surface area contributed by atoms with Gasteiger partial charge < -0.3 is 10.1 Å². The molecule has 0 aliphatic carbocycles. The van der Waals surface area contributed by atoms with E-state index in [0.717, 1.165) is 6.07 Å². The van der Waals surface area contributed by atoms with Crippen LogP contribution in [0.25, 0.3) is 0 Å². The number of aromatic nitrogens is 1. The first-order chi connectivity index (χ1) is 11.8. The van der Waals surface area contributed by atoms with Crippen molar-refractivity contribution in [1.29, 1.82) is 0 Å². The van der Waals surface area contributed by atoms with Crippen LogP contribution >= 0.6 is 11.6 Å². The molecule has 0 radical (unpaired) electrons. The molecule has 0 saturated heterocycles. The monoisotopic (exact) mass is 364 g/mol. The van der Waals surface area contributed by atoms with Crippen molar-refractivity contribution < 1.29 is 18.7 Å². The van der Waals surface area contributed by atoms with Gasteiger partial charge in [-0.15, -0.1) is 0 Å². The van der Waals surface area contributed by atoms with E-state index >= 15 is 0 Å². The van der Waals surface area contributed by atoms with Crippen LogP contribution in [-0.4, -0.2) is 24.0 Å². The predicted octanol–water partition coefficient (Wildman–Crippen LogP) is 3.79. The average molecular weight is 365 g/mol. The molecule has 0 bridgehead atoms. The molecular formula is C18H18ClFN2O3. The number of pyridine rings is 1. The quantitative estimate of drug-likeness (QED) is 0.819. The molecule has 0 fully saturated rings. The first-order valence-electron chi connectivity index (χ1n) is 7.63. The maximum Gasteiger partial charge on any atom is 0.339 e. The van der Waals surface area contributed by atoms with Gasteiger partial charge in [0.15, 0.2) is 0 Å². The van der Waals surface area contributed by atoms with Crippen LogP contribution in [-0.2, 0) is 4.74 Å². The predicted molar refractivity (Wildman–Crippen MR) is 92.0 cm³/mol. The number of nitrogens with one attached hydrogen (secondary N) is 1. The lowest BCUT2D eigenvalue weighted by molar-refractivity contribution is 0.0599. The number of nitrogens with zero attached hydrogens (tertiary/aromatic N) is 1. The van der Waals surface area contributed by atoms with E-state index in [1.54, 1.807) is 24.3 Å². The number of ether oxygens (including phenoxy) is 1. The smallest absolute Gasteiger partial charge is 0.339 e. The van der Waals surface area contributed by atoms with Crippen molar-refractivity contribution >= 4 is 23.5 Å². The Morgan fingerprint density at radius 1 is 1.20 bits per heavy atom. The molecule has 0 aliphatic heterocycles. The molecule has 25 heavy (non-hydrogen) atoms. The summed E-state index contributed by atoms with van der Waals surface area (Å²) >= 11 is 5.81. The zero-order chi connectivity index (χ0) is 18.6. The number of hydrogen-bond donors (Lipinski definition) is 1. The largest absolute Gasteiger partial charge is 0.465 e. The molecule has 1 amide bonds. The maximum absolute atomic E-state index is 14.4. The van der Waals surface area contributed by atoms with Gasteiger partial charge in [-0.3, -0.25) is 9.78 Å². The van der Waals surface area contributed by atoms with Gasteiger partial charge in [0.2, 0.25) is 0 Å². The Hall–Kier alpha value is -2.47. The summed E-state index contributed by atoms with van der Waals surface area (Å²) in [6.45, 7) is 3.67. The standard InChI is InChI=1S/C18H18ClFN2O3/c1-10(2)15(22-17(23)11-4-6-13(19)7-5-11)16-14(20)8-12(9-21-16)18(24)25-3/h4-10,15H,1-3H3,(H,22,23)/t15-/m0/s1. The van der Waals surface area contributed by atoms with Crippen LogP contribution < -0.4 is 5.32 Å². The molecule has 2 rings (SSSR count).